The Morgan fingerprint density at radius 3 is 2.47 bits per heavy atom. The summed E-state index contributed by atoms with van der Waals surface area (Å²) in [5.74, 6) is -2.69. The molecule has 0 saturated heterocycles. The predicted molar refractivity (Wildman–Crippen MR) is 52.2 cm³/mol. The van der Waals surface area contributed by atoms with Gasteiger partial charge in [0, 0.05) is 12.1 Å². The lowest BCUT2D eigenvalue weighted by atomic mass is 10.2. The monoisotopic (exact) mass is 251 g/mol. The quantitative estimate of drug-likeness (QED) is 0.837. The van der Waals surface area contributed by atoms with Crippen LogP contribution in [0.25, 0.3) is 0 Å². The zero-order valence-corrected chi connectivity index (χ0v) is 9.30. The van der Waals surface area contributed by atoms with E-state index >= 15 is 0 Å². The Morgan fingerprint density at radius 1 is 1.53 bits per heavy atom. The maximum atomic E-state index is 12.5. The SMILES string of the molecule is CC(C)OC(=O)c1cc(CN)c(C(F)(F)F)o1. The molecule has 0 aliphatic carbocycles. The highest BCUT2D eigenvalue weighted by atomic mass is 19.4. The molecule has 1 aromatic rings. The molecular formula is C10H12F3NO3. The van der Waals surface area contributed by atoms with Gasteiger partial charge in [0.15, 0.2) is 0 Å². The first-order valence-corrected chi connectivity index (χ1v) is 4.86. The van der Waals surface area contributed by atoms with Crippen LogP contribution in [0.15, 0.2) is 10.5 Å². The highest BCUT2D eigenvalue weighted by Gasteiger charge is 2.38. The molecule has 0 unspecified atom stereocenters. The van der Waals surface area contributed by atoms with Crippen molar-refractivity contribution in [1.29, 1.82) is 0 Å². The van der Waals surface area contributed by atoms with Gasteiger partial charge in [0.1, 0.15) is 0 Å². The van der Waals surface area contributed by atoms with Crippen molar-refractivity contribution in [2.24, 2.45) is 5.73 Å². The summed E-state index contributed by atoms with van der Waals surface area (Å²) in [5.41, 5.74) is 4.88. The van der Waals surface area contributed by atoms with E-state index < -0.39 is 29.8 Å². The summed E-state index contributed by atoms with van der Waals surface area (Å²) in [4.78, 5) is 11.3. The van der Waals surface area contributed by atoms with E-state index in [2.05, 4.69) is 4.42 Å². The molecule has 0 spiro atoms. The fraction of sp³-hybridized carbons (Fsp3) is 0.500. The summed E-state index contributed by atoms with van der Waals surface area (Å²) in [6.45, 7) is 2.79. The lowest BCUT2D eigenvalue weighted by Crippen LogP contribution is -2.11. The lowest BCUT2D eigenvalue weighted by Gasteiger charge is -2.05. The summed E-state index contributed by atoms with van der Waals surface area (Å²) in [5, 5.41) is 0. The van der Waals surface area contributed by atoms with Gasteiger partial charge in [-0.1, -0.05) is 0 Å². The molecule has 4 nitrogen and oxygen atoms in total. The molecule has 0 aliphatic heterocycles. The van der Waals surface area contributed by atoms with Gasteiger partial charge in [-0.2, -0.15) is 13.2 Å². The van der Waals surface area contributed by atoms with Gasteiger partial charge >= 0.3 is 12.1 Å². The van der Waals surface area contributed by atoms with Gasteiger partial charge in [-0.05, 0) is 19.9 Å². The number of esters is 1. The highest BCUT2D eigenvalue weighted by Crippen LogP contribution is 2.34. The molecule has 0 saturated carbocycles. The Labute approximate surface area is 95.5 Å². The third kappa shape index (κ3) is 3.23. The van der Waals surface area contributed by atoms with Gasteiger partial charge in [-0.3, -0.25) is 0 Å². The number of furan rings is 1. The van der Waals surface area contributed by atoms with Crippen LogP contribution in [0.5, 0.6) is 0 Å². The first-order chi connectivity index (χ1) is 7.75. The minimum absolute atomic E-state index is 0.270. The van der Waals surface area contributed by atoms with Crippen LogP contribution in [-0.2, 0) is 17.5 Å². The Kier molecular flexibility index (Phi) is 3.82. The molecule has 0 aromatic carbocycles. The molecule has 0 aliphatic rings. The minimum atomic E-state index is -4.68. The van der Waals surface area contributed by atoms with Gasteiger partial charge in [0.25, 0.3) is 0 Å². The smallest absolute Gasteiger partial charge is 0.449 e. The molecule has 2 N–H and O–H groups in total. The van der Waals surface area contributed by atoms with Crippen molar-refractivity contribution in [3.63, 3.8) is 0 Å². The van der Waals surface area contributed by atoms with E-state index in [4.69, 9.17) is 10.5 Å². The van der Waals surface area contributed by atoms with Crippen molar-refractivity contribution in [3.8, 4) is 0 Å². The van der Waals surface area contributed by atoms with E-state index in [0.717, 1.165) is 6.07 Å². The van der Waals surface area contributed by atoms with Gasteiger partial charge in [-0.25, -0.2) is 4.79 Å². The summed E-state index contributed by atoms with van der Waals surface area (Å²) in [6.07, 6.45) is -5.12. The van der Waals surface area contributed by atoms with Gasteiger partial charge in [0.05, 0.1) is 6.10 Å². The molecule has 17 heavy (non-hydrogen) atoms. The van der Waals surface area contributed by atoms with Crippen molar-refractivity contribution >= 4 is 5.97 Å². The second-order valence-electron chi connectivity index (χ2n) is 3.62. The van der Waals surface area contributed by atoms with Crippen LogP contribution in [0.1, 0.15) is 35.7 Å². The number of halogens is 3. The number of alkyl halides is 3. The molecule has 0 fully saturated rings. The maximum absolute atomic E-state index is 12.5. The minimum Gasteiger partial charge on any atom is -0.457 e. The van der Waals surface area contributed by atoms with Crippen LogP contribution >= 0.6 is 0 Å². The Morgan fingerprint density at radius 2 is 2.12 bits per heavy atom. The Bertz CT molecular complexity index is 409. The molecule has 96 valence electrons. The second-order valence-corrected chi connectivity index (χ2v) is 3.62. The van der Waals surface area contributed by atoms with Crippen LogP contribution in [-0.4, -0.2) is 12.1 Å². The topological polar surface area (TPSA) is 65.5 Å². The molecule has 0 amide bonds. The summed E-state index contributed by atoms with van der Waals surface area (Å²) >= 11 is 0. The third-order valence-corrected chi connectivity index (χ3v) is 1.83. The molecule has 1 heterocycles. The maximum Gasteiger partial charge on any atom is 0.449 e. The molecule has 1 rings (SSSR count). The average molecular weight is 251 g/mol. The van der Waals surface area contributed by atoms with Crippen molar-refractivity contribution in [1.82, 2.24) is 0 Å². The average Bonchev–Trinajstić information content (AvgIpc) is 2.59. The largest absolute Gasteiger partial charge is 0.457 e. The van der Waals surface area contributed by atoms with Gasteiger partial charge < -0.3 is 14.9 Å². The third-order valence-electron chi connectivity index (χ3n) is 1.83. The highest BCUT2D eigenvalue weighted by molar-refractivity contribution is 5.86. The van der Waals surface area contributed by atoms with Crippen molar-refractivity contribution in [2.45, 2.75) is 32.7 Å². The number of ether oxygens (including phenoxy) is 1. The van der Waals surface area contributed by atoms with Crippen molar-refractivity contribution < 1.29 is 27.1 Å². The Balaban J connectivity index is 3.05. The van der Waals surface area contributed by atoms with E-state index in [-0.39, 0.29) is 12.1 Å². The van der Waals surface area contributed by atoms with E-state index in [1.807, 2.05) is 0 Å². The van der Waals surface area contributed by atoms with Crippen LogP contribution in [0.3, 0.4) is 0 Å². The summed E-state index contributed by atoms with van der Waals surface area (Å²) in [7, 11) is 0. The number of carbonyl (C=O) groups is 1. The van der Waals surface area contributed by atoms with Crippen LogP contribution in [0.2, 0.25) is 0 Å². The first-order valence-electron chi connectivity index (χ1n) is 4.86. The first kappa shape index (κ1) is 13.6. The number of nitrogens with two attached hydrogens (primary N) is 1. The molecule has 1 aromatic heterocycles. The molecule has 0 bridgehead atoms. The van der Waals surface area contributed by atoms with Gasteiger partial charge in [0.2, 0.25) is 11.5 Å². The van der Waals surface area contributed by atoms with E-state index in [9.17, 15) is 18.0 Å². The van der Waals surface area contributed by atoms with Crippen molar-refractivity contribution in [3.05, 3.63) is 23.2 Å². The normalized spacial score (nSPS) is 11.9. The lowest BCUT2D eigenvalue weighted by molar-refractivity contribution is -0.153. The number of rotatable bonds is 3. The van der Waals surface area contributed by atoms with Crippen LogP contribution in [0, 0.1) is 0 Å². The van der Waals surface area contributed by atoms with Crippen LogP contribution in [0.4, 0.5) is 13.2 Å². The Hall–Kier alpha value is -1.50. The van der Waals surface area contributed by atoms with Crippen LogP contribution < -0.4 is 5.73 Å². The predicted octanol–water partition coefficient (Wildman–Crippen LogP) is 2.32. The number of hydrogen-bond donors (Lipinski definition) is 1. The molecule has 0 atom stereocenters. The molecule has 0 radical (unpaired) electrons. The zero-order chi connectivity index (χ0) is 13.2. The number of hydrogen-bond acceptors (Lipinski definition) is 4. The second kappa shape index (κ2) is 4.79. The summed E-state index contributed by atoms with van der Waals surface area (Å²) < 4.78 is 46.6. The van der Waals surface area contributed by atoms with E-state index in [1.165, 1.54) is 0 Å². The zero-order valence-electron chi connectivity index (χ0n) is 9.30. The molecular weight excluding hydrogens is 239 g/mol. The van der Waals surface area contributed by atoms with Gasteiger partial charge in [-0.15, -0.1) is 0 Å². The summed E-state index contributed by atoms with van der Waals surface area (Å²) in [6, 6.07) is 0.952. The van der Waals surface area contributed by atoms with Crippen molar-refractivity contribution in [2.75, 3.05) is 0 Å². The van der Waals surface area contributed by atoms with E-state index in [0.29, 0.717) is 0 Å². The number of carbonyl (C=O) groups excluding carboxylic acids is 1. The fourth-order valence-corrected chi connectivity index (χ4v) is 1.19. The molecule has 7 heteroatoms. The van der Waals surface area contributed by atoms with E-state index in [1.54, 1.807) is 13.8 Å². The standard InChI is InChI=1S/C10H12F3NO3/c1-5(2)16-9(15)7-3-6(4-14)8(17-7)10(11,12)13/h3,5H,4,14H2,1-2H3. The fourth-order valence-electron chi connectivity index (χ4n) is 1.19.